The first-order valence-electron chi connectivity index (χ1n) is 8.44. The number of benzene rings is 2. The molecule has 0 saturated carbocycles. The summed E-state index contributed by atoms with van der Waals surface area (Å²) >= 11 is 7.47. The summed E-state index contributed by atoms with van der Waals surface area (Å²) in [7, 11) is 0. The van der Waals surface area contributed by atoms with Gasteiger partial charge >= 0.3 is 0 Å². The number of thioether (sulfide) groups is 1. The van der Waals surface area contributed by atoms with Gasteiger partial charge in [-0.1, -0.05) is 47.6 Å². The summed E-state index contributed by atoms with van der Waals surface area (Å²) in [6, 6.07) is 18.9. The Kier molecular flexibility index (Phi) is 4.97. The van der Waals surface area contributed by atoms with Crippen LogP contribution in [0.4, 0.5) is 0 Å². The molecular formula is C21H16ClN3OS. The number of aromatic nitrogens is 3. The van der Waals surface area contributed by atoms with Crippen molar-refractivity contribution in [2.75, 3.05) is 0 Å². The first kappa shape index (κ1) is 17.8. The van der Waals surface area contributed by atoms with Crippen LogP contribution in [0.1, 0.15) is 11.1 Å². The number of halogens is 1. The summed E-state index contributed by atoms with van der Waals surface area (Å²) in [6.07, 6.45) is 1.71. The summed E-state index contributed by atoms with van der Waals surface area (Å²) in [4.78, 5) is 22.3. The van der Waals surface area contributed by atoms with E-state index in [2.05, 4.69) is 4.98 Å². The van der Waals surface area contributed by atoms with Gasteiger partial charge in [0.1, 0.15) is 5.82 Å². The summed E-state index contributed by atoms with van der Waals surface area (Å²) < 4.78 is 1.59. The molecule has 134 valence electrons. The zero-order valence-electron chi connectivity index (χ0n) is 14.6. The molecule has 0 unspecified atom stereocenters. The van der Waals surface area contributed by atoms with Crippen LogP contribution in [0, 0.1) is 6.92 Å². The molecule has 0 atom stereocenters. The summed E-state index contributed by atoms with van der Waals surface area (Å²) in [5, 5.41) is 1.90. The molecule has 0 aliphatic heterocycles. The molecule has 0 fully saturated rings. The van der Waals surface area contributed by atoms with Gasteiger partial charge in [-0.2, -0.15) is 0 Å². The Hall–Kier alpha value is -2.63. The van der Waals surface area contributed by atoms with E-state index in [9.17, 15) is 4.79 Å². The molecule has 4 rings (SSSR count). The van der Waals surface area contributed by atoms with Crippen molar-refractivity contribution < 1.29 is 0 Å². The molecule has 0 N–H and O–H groups in total. The molecule has 0 aliphatic rings. The van der Waals surface area contributed by atoms with Gasteiger partial charge in [0.25, 0.3) is 5.56 Å². The first-order valence-corrected chi connectivity index (χ1v) is 9.80. The van der Waals surface area contributed by atoms with Gasteiger partial charge in [0.2, 0.25) is 0 Å². The molecule has 27 heavy (non-hydrogen) atoms. The molecule has 2 aromatic carbocycles. The van der Waals surface area contributed by atoms with Crippen LogP contribution < -0.4 is 5.56 Å². The standard InChI is InChI=1S/C21H16ClN3OS/c1-14-10-11-23-19(12-14)25-20(26)17-4-2-3-5-18(17)24-21(25)27-13-15-6-8-16(22)9-7-15/h2-12H,13H2,1H3. The van der Waals surface area contributed by atoms with Crippen molar-refractivity contribution in [3.05, 3.63) is 93.4 Å². The van der Waals surface area contributed by atoms with Gasteiger partial charge in [0.05, 0.1) is 10.9 Å². The zero-order valence-corrected chi connectivity index (χ0v) is 16.2. The Morgan fingerprint density at radius 3 is 2.63 bits per heavy atom. The molecule has 2 aromatic heterocycles. The van der Waals surface area contributed by atoms with Crippen LogP contribution in [0.2, 0.25) is 5.02 Å². The number of rotatable bonds is 4. The molecule has 0 aliphatic carbocycles. The third-order valence-corrected chi connectivity index (χ3v) is 5.42. The number of para-hydroxylation sites is 1. The maximum Gasteiger partial charge on any atom is 0.267 e. The van der Waals surface area contributed by atoms with E-state index in [1.807, 2.05) is 61.5 Å². The average Bonchev–Trinajstić information content (AvgIpc) is 2.68. The maximum absolute atomic E-state index is 13.2. The Bertz CT molecular complexity index is 1170. The molecule has 0 amide bonds. The summed E-state index contributed by atoms with van der Waals surface area (Å²) in [6.45, 7) is 1.98. The third-order valence-electron chi connectivity index (χ3n) is 4.16. The van der Waals surface area contributed by atoms with Crippen molar-refractivity contribution in [3.63, 3.8) is 0 Å². The zero-order chi connectivity index (χ0) is 18.8. The van der Waals surface area contributed by atoms with E-state index in [0.29, 0.717) is 32.7 Å². The molecular weight excluding hydrogens is 378 g/mol. The Labute approximate surface area is 165 Å². The molecule has 0 saturated heterocycles. The fourth-order valence-electron chi connectivity index (χ4n) is 2.78. The van der Waals surface area contributed by atoms with Gasteiger partial charge in [0, 0.05) is 17.0 Å². The van der Waals surface area contributed by atoms with Crippen molar-refractivity contribution in [2.45, 2.75) is 17.8 Å². The highest BCUT2D eigenvalue weighted by molar-refractivity contribution is 7.98. The number of aryl methyl sites for hydroxylation is 1. The second kappa shape index (κ2) is 7.55. The van der Waals surface area contributed by atoms with Crippen LogP contribution in [-0.4, -0.2) is 14.5 Å². The van der Waals surface area contributed by atoms with Gasteiger partial charge in [-0.25, -0.2) is 14.5 Å². The van der Waals surface area contributed by atoms with Gasteiger partial charge < -0.3 is 0 Å². The summed E-state index contributed by atoms with van der Waals surface area (Å²) in [5.74, 6) is 1.25. The van der Waals surface area contributed by atoms with E-state index in [1.54, 1.807) is 16.8 Å². The fourth-order valence-corrected chi connectivity index (χ4v) is 3.86. The topological polar surface area (TPSA) is 47.8 Å². The van der Waals surface area contributed by atoms with E-state index in [-0.39, 0.29) is 5.56 Å². The normalized spacial score (nSPS) is 11.0. The minimum Gasteiger partial charge on any atom is -0.268 e. The van der Waals surface area contributed by atoms with E-state index < -0.39 is 0 Å². The van der Waals surface area contributed by atoms with Crippen molar-refractivity contribution in [1.82, 2.24) is 14.5 Å². The molecule has 4 aromatic rings. The number of fused-ring (bicyclic) bond motifs is 1. The van der Waals surface area contributed by atoms with Gasteiger partial charge in [-0.15, -0.1) is 0 Å². The van der Waals surface area contributed by atoms with Crippen LogP contribution >= 0.6 is 23.4 Å². The van der Waals surface area contributed by atoms with Crippen molar-refractivity contribution in [3.8, 4) is 5.82 Å². The highest BCUT2D eigenvalue weighted by Gasteiger charge is 2.14. The summed E-state index contributed by atoms with van der Waals surface area (Å²) in [5.41, 5.74) is 2.71. The number of hydrogen-bond acceptors (Lipinski definition) is 4. The molecule has 2 heterocycles. The predicted octanol–water partition coefficient (Wildman–Crippen LogP) is 5.03. The smallest absolute Gasteiger partial charge is 0.267 e. The van der Waals surface area contributed by atoms with Crippen LogP contribution in [0.15, 0.2) is 76.8 Å². The van der Waals surface area contributed by atoms with Crippen LogP contribution in [0.25, 0.3) is 16.7 Å². The highest BCUT2D eigenvalue weighted by atomic mass is 35.5. The molecule has 0 radical (unpaired) electrons. The number of pyridine rings is 1. The largest absolute Gasteiger partial charge is 0.268 e. The van der Waals surface area contributed by atoms with Crippen LogP contribution in [-0.2, 0) is 5.75 Å². The Morgan fingerprint density at radius 1 is 1.07 bits per heavy atom. The lowest BCUT2D eigenvalue weighted by Crippen LogP contribution is -2.22. The Balaban J connectivity index is 1.83. The van der Waals surface area contributed by atoms with E-state index in [1.165, 1.54) is 11.8 Å². The molecule has 0 spiro atoms. The van der Waals surface area contributed by atoms with Gasteiger partial charge in [-0.3, -0.25) is 4.79 Å². The minimum absolute atomic E-state index is 0.114. The SMILES string of the molecule is Cc1ccnc(-n2c(SCc3ccc(Cl)cc3)nc3ccccc3c2=O)c1. The van der Waals surface area contributed by atoms with E-state index >= 15 is 0 Å². The lowest BCUT2D eigenvalue weighted by Gasteiger charge is -2.13. The van der Waals surface area contributed by atoms with Crippen molar-refractivity contribution in [1.29, 1.82) is 0 Å². The average molecular weight is 394 g/mol. The lowest BCUT2D eigenvalue weighted by atomic mass is 10.2. The minimum atomic E-state index is -0.114. The van der Waals surface area contributed by atoms with Gasteiger partial charge in [0.15, 0.2) is 5.16 Å². The second-order valence-electron chi connectivity index (χ2n) is 6.16. The maximum atomic E-state index is 13.2. The van der Waals surface area contributed by atoms with Crippen molar-refractivity contribution in [2.24, 2.45) is 0 Å². The molecule has 0 bridgehead atoms. The van der Waals surface area contributed by atoms with E-state index in [0.717, 1.165) is 11.1 Å². The number of nitrogens with zero attached hydrogens (tertiary/aromatic N) is 3. The van der Waals surface area contributed by atoms with E-state index in [4.69, 9.17) is 16.6 Å². The first-order chi connectivity index (χ1) is 13.1. The third kappa shape index (κ3) is 3.75. The highest BCUT2D eigenvalue weighted by Crippen LogP contribution is 2.25. The van der Waals surface area contributed by atoms with Crippen LogP contribution in [0.5, 0.6) is 0 Å². The lowest BCUT2D eigenvalue weighted by molar-refractivity contribution is 0.794. The number of hydrogen-bond donors (Lipinski definition) is 0. The van der Waals surface area contributed by atoms with Crippen LogP contribution in [0.3, 0.4) is 0 Å². The molecule has 4 nitrogen and oxygen atoms in total. The molecule has 6 heteroatoms. The fraction of sp³-hybridized carbons (Fsp3) is 0.0952. The van der Waals surface area contributed by atoms with Gasteiger partial charge in [-0.05, 0) is 54.4 Å². The predicted molar refractivity (Wildman–Crippen MR) is 111 cm³/mol. The monoisotopic (exact) mass is 393 g/mol. The Morgan fingerprint density at radius 2 is 1.85 bits per heavy atom. The van der Waals surface area contributed by atoms with Crippen molar-refractivity contribution >= 4 is 34.3 Å². The quantitative estimate of drug-likeness (QED) is 0.360. The second-order valence-corrected chi connectivity index (χ2v) is 7.54.